The van der Waals surface area contributed by atoms with Gasteiger partial charge in [0.2, 0.25) is 5.91 Å². The largest absolute Gasteiger partial charge is 0.462 e. The quantitative estimate of drug-likeness (QED) is 0.282. The Morgan fingerprint density at radius 2 is 1.92 bits per heavy atom. The number of anilines is 1. The lowest BCUT2D eigenvalue weighted by Gasteiger charge is -2.12. The van der Waals surface area contributed by atoms with Crippen molar-refractivity contribution < 1.29 is 14.3 Å². The maximum absolute atomic E-state index is 13.5. The third-order valence-electron chi connectivity index (χ3n) is 6.21. The van der Waals surface area contributed by atoms with Crippen molar-refractivity contribution in [1.29, 1.82) is 0 Å². The molecule has 1 aliphatic rings. The summed E-state index contributed by atoms with van der Waals surface area (Å²) in [5, 5.41) is 3.88. The van der Waals surface area contributed by atoms with Crippen molar-refractivity contribution in [2.75, 3.05) is 11.9 Å². The van der Waals surface area contributed by atoms with Crippen LogP contribution in [-0.4, -0.2) is 28.0 Å². The lowest BCUT2D eigenvalue weighted by atomic mass is 9.95. The Kier molecular flexibility index (Phi) is 7.09. The first-order valence-corrected chi connectivity index (χ1v) is 14.2. The minimum absolute atomic E-state index is 0.207. The second-order valence-corrected chi connectivity index (χ2v) is 11.8. The summed E-state index contributed by atoms with van der Waals surface area (Å²) < 4.78 is 7.55. The third-order valence-corrected chi connectivity index (χ3v) is 8.95. The van der Waals surface area contributed by atoms with E-state index >= 15 is 0 Å². The number of esters is 1. The number of benzene rings is 1. The smallest absolute Gasteiger partial charge is 0.341 e. The normalized spacial score (nSPS) is 13.0. The monoisotopic (exact) mass is 585 g/mol. The SMILES string of the molecule is CCOC(=O)c1c(NC(=O)Cn2cnc3sc(C)c(-c4ccc(Br)cc4)c3c2=O)sc2c1CCCC2. The van der Waals surface area contributed by atoms with Gasteiger partial charge in [0.1, 0.15) is 16.4 Å². The molecule has 0 saturated heterocycles. The molecular formula is C26H24BrN3O4S2. The number of nitrogens with one attached hydrogen (secondary N) is 1. The summed E-state index contributed by atoms with van der Waals surface area (Å²) in [5.74, 6) is -0.806. The summed E-state index contributed by atoms with van der Waals surface area (Å²) in [4.78, 5) is 46.5. The molecule has 1 amide bonds. The highest BCUT2D eigenvalue weighted by atomic mass is 79.9. The Hall–Kier alpha value is -2.82. The van der Waals surface area contributed by atoms with Crippen LogP contribution in [0.5, 0.6) is 0 Å². The Morgan fingerprint density at radius 3 is 2.67 bits per heavy atom. The molecule has 0 atom stereocenters. The predicted molar refractivity (Wildman–Crippen MR) is 147 cm³/mol. The molecule has 4 aromatic rings. The Morgan fingerprint density at radius 1 is 1.17 bits per heavy atom. The van der Waals surface area contributed by atoms with Gasteiger partial charge in [-0.05, 0) is 62.8 Å². The molecule has 10 heteroatoms. The molecule has 0 unspecified atom stereocenters. The van der Waals surface area contributed by atoms with Gasteiger partial charge in [-0.2, -0.15) is 0 Å². The van der Waals surface area contributed by atoms with Crippen molar-refractivity contribution in [3.63, 3.8) is 0 Å². The van der Waals surface area contributed by atoms with Crippen LogP contribution in [0, 0.1) is 6.92 Å². The van der Waals surface area contributed by atoms with E-state index in [0.29, 0.717) is 20.8 Å². The molecular weight excluding hydrogens is 562 g/mol. The van der Waals surface area contributed by atoms with E-state index in [4.69, 9.17) is 4.74 Å². The van der Waals surface area contributed by atoms with Crippen LogP contribution in [0.3, 0.4) is 0 Å². The molecule has 3 aromatic heterocycles. The summed E-state index contributed by atoms with van der Waals surface area (Å²) in [7, 11) is 0. The fraction of sp³-hybridized carbons (Fsp3) is 0.308. The number of rotatable bonds is 6. The highest BCUT2D eigenvalue weighted by Crippen LogP contribution is 2.39. The number of aryl methyl sites for hydroxylation is 2. The number of hydrogen-bond donors (Lipinski definition) is 1. The molecule has 0 saturated carbocycles. The number of amides is 1. The maximum atomic E-state index is 13.5. The summed E-state index contributed by atoms with van der Waals surface area (Å²) in [5.41, 5.74) is 2.93. The molecule has 1 aromatic carbocycles. The first-order valence-electron chi connectivity index (χ1n) is 11.7. The molecule has 1 N–H and O–H groups in total. The number of halogens is 1. The third kappa shape index (κ3) is 4.65. The summed E-state index contributed by atoms with van der Waals surface area (Å²) in [6.45, 7) is 3.79. The number of thiophene rings is 2. The number of carbonyl (C=O) groups is 2. The molecule has 3 heterocycles. The van der Waals surface area contributed by atoms with Crippen molar-refractivity contribution in [1.82, 2.24) is 9.55 Å². The number of fused-ring (bicyclic) bond motifs is 2. The molecule has 36 heavy (non-hydrogen) atoms. The van der Waals surface area contributed by atoms with Gasteiger partial charge in [0, 0.05) is 19.8 Å². The van der Waals surface area contributed by atoms with E-state index in [1.54, 1.807) is 6.92 Å². The highest BCUT2D eigenvalue weighted by molar-refractivity contribution is 9.10. The molecule has 5 rings (SSSR count). The van der Waals surface area contributed by atoms with E-state index in [9.17, 15) is 14.4 Å². The van der Waals surface area contributed by atoms with Crippen LogP contribution >= 0.6 is 38.6 Å². The van der Waals surface area contributed by atoms with Crippen LogP contribution in [0.1, 0.15) is 45.4 Å². The van der Waals surface area contributed by atoms with Gasteiger partial charge in [0.05, 0.1) is 23.9 Å². The highest BCUT2D eigenvalue weighted by Gasteiger charge is 2.27. The Bertz CT molecular complexity index is 1540. The van der Waals surface area contributed by atoms with E-state index < -0.39 is 5.97 Å². The zero-order valence-corrected chi connectivity index (χ0v) is 23.1. The van der Waals surface area contributed by atoms with Gasteiger partial charge in [-0.15, -0.1) is 22.7 Å². The summed E-state index contributed by atoms with van der Waals surface area (Å²) in [6, 6.07) is 7.78. The van der Waals surface area contributed by atoms with Crippen molar-refractivity contribution in [2.24, 2.45) is 0 Å². The van der Waals surface area contributed by atoms with Gasteiger partial charge in [-0.1, -0.05) is 28.1 Å². The molecule has 0 fully saturated rings. The summed E-state index contributed by atoms with van der Waals surface area (Å²) >= 11 is 6.34. The van der Waals surface area contributed by atoms with Crippen molar-refractivity contribution >= 4 is 65.7 Å². The number of hydrogen-bond acceptors (Lipinski definition) is 7. The van der Waals surface area contributed by atoms with Crippen LogP contribution < -0.4 is 10.9 Å². The van der Waals surface area contributed by atoms with Gasteiger partial charge in [-0.3, -0.25) is 14.2 Å². The van der Waals surface area contributed by atoms with Crippen LogP contribution in [-0.2, 0) is 28.9 Å². The fourth-order valence-electron chi connectivity index (χ4n) is 4.61. The van der Waals surface area contributed by atoms with Crippen LogP contribution in [0.2, 0.25) is 0 Å². The minimum Gasteiger partial charge on any atom is -0.462 e. The first kappa shape index (κ1) is 24.9. The zero-order valence-electron chi connectivity index (χ0n) is 19.9. The van der Waals surface area contributed by atoms with E-state index in [1.807, 2.05) is 31.2 Å². The van der Waals surface area contributed by atoms with E-state index in [1.165, 1.54) is 33.6 Å². The molecule has 1 aliphatic carbocycles. The standard InChI is InChI=1S/C26H24BrN3O4S2/c1-3-34-26(33)21-17-6-4-5-7-18(17)36-24(21)29-19(31)12-30-13-28-23-22(25(30)32)20(14(2)35-23)15-8-10-16(27)11-9-15/h8-11,13H,3-7,12H2,1-2H3,(H,29,31). The van der Waals surface area contributed by atoms with Crippen molar-refractivity contribution in [2.45, 2.75) is 46.1 Å². The molecule has 0 radical (unpaired) electrons. The van der Waals surface area contributed by atoms with E-state index in [0.717, 1.165) is 56.6 Å². The van der Waals surface area contributed by atoms with Gasteiger partial charge in [-0.25, -0.2) is 9.78 Å². The minimum atomic E-state index is -0.416. The zero-order chi connectivity index (χ0) is 25.4. The number of nitrogens with zero attached hydrogens (tertiary/aromatic N) is 2. The van der Waals surface area contributed by atoms with Gasteiger partial charge < -0.3 is 10.1 Å². The van der Waals surface area contributed by atoms with E-state index in [-0.39, 0.29) is 24.6 Å². The second-order valence-electron chi connectivity index (χ2n) is 8.58. The molecule has 186 valence electrons. The molecule has 0 bridgehead atoms. The average molecular weight is 587 g/mol. The predicted octanol–water partition coefficient (Wildman–Crippen LogP) is 5.95. The second kappa shape index (κ2) is 10.3. The van der Waals surface area contributed by atoms with Gasteiger partial charge in [0.25, 0.3) is 5.56 Å². The van der Waals surface area contributed by atoms with E-state index in [2.05, 4.69) is 26.2 Å². The topological polar surface area (TPSA) is 90.3 Å². The fourth-order valence-corrected chi connectivity index (χ4v) is 7.17. The molecule has 0 aliphatic heterocycles. The van der Waals surface area contributed by atoms with Crippen molar-refractivity contribution in [3.8, 4) is 11.1 Å². The first-order chi connectivity index (χ1) is 17.4. The number of ether oxygens (including phenoxy) is 1. The average Bonchev–Trinajstić information content (AvgIpc) is 3.38. The van der Waals surface area contributed by atoms with Crippen LogP contribution in [0.25, 0.3) is 21.3 Å². The Balaban J connectivity index is 1.46. The van der Waals surface area contributed by atoms with Gasteiger partial charge >= 0.3 is 5.97 Å². The molecule has 7 nitrogen and oxygen atoms in total. The van der Waals surface area contributed by atoms with Crippen LogP contribution in [0.4, 0.5) is 5.00 Å². The lowest BCUT2D eigenvalue weighted by molar-refractivity contribution is -0.116. The van der Waals surface area contributed by atoms with Crippen molar-refractivity contribution in [3.05, 3.63) is 66.3 Å². The molecule has 0 spiro atoms. The maximum Gasteiger partial charge on any atom is 0.341 e. The van der Waals surface area contributed by atoms with Crippen LogP contribution in [0.15, 0.2) is 39.9 Å². The Labute approximate surface area is 224 Å². The number of carbonyl (C=O) groups excluding carboxylic acids is 2. The van der Waals surface area contributed by atoms with Gasteiger partial charge in [0.15, 0.2) is 0 Å². The summed E-state index contributed by atoms with van der Waals surface area (Å²) in [6.07, 6.45) is 5.17. The number of aromatic nitrogens is 2. The lowest BCUT2D eigenvalue weighted by Crippen LogP contribution is -2.28.